The number of aryl methyl sites for hydroxylation is 1. The summed E-state index contributed by atoms with van der Waals surface area (Å²) in [7, 11) is -2.19. The van der Waals surface area contributed by atoms with Crippen molar-refractivity contribution in [1.29, 1.82) is 0 Å². The number of imidazole rings is 1. The Hall–Kier alpha value is -2.03. The van der Waals surface area contributed by atoms with E-state index in [4.69, 9.17) is 5.73 Å². The molecule has 0 aliphatic carbocycles. The summed E-state index contributed by atoms with van der Waals surface area (Å²) in [6.07, 6.45) is 4.10. The predicted octanol–water partition coefficient (Wildman–Crippen LogP) is -0.474. The SMILES string of the molecule is Cn1cnc(N)c1S(=O)(=O)Nc1cn[nH]c1. The molecule has 0 atom stereocenters. The van der Waals surface area contributed by atoms with Crippen molar-refractivity contribution in [2.45, 2.75) is 5.03 Å². The van der Waals surface area contributed by atoms with Crippen molar-refractivity contribution < 1.29 is 8.42 Å². The minimum Gasteiger partial charge on any atom is -0.381 e. The van der Waals surface area contributed by atoms with Gasteiger partial charge in [-0.15, -0.1) is 0 Å². The number of rotatable bonds is 3. The summed E-state index contributed by atoms with van der Waals surface area (Å²) in [6, 6.07) is 0. The number of hydrogen-bond acceptors (Lipinski definition) is 5. The molecule has 2 aromatic rings. The van der Waals surface area contributed by atoms with Crippen LogP contribution in [-0.2, 0) is 17.1 Å². The maximum atomic E-state index is 11.9. The second-order valence-electron chi connectivity index (χ2n) is 3.14. The fraction of sp³-hybridized carbons (Fsp3) is 0.143. The van der Waals surface area contributed by atoms with Crippen LogP contribution in [0.2, 0.25) is 0 Å². The summed E-state index contributed by atoms with van der Waals surface area (Å²) in [5.41, 5.74) is 5.82. The molecule has 86 valence electrons. The summed E-state index contributed by atoms with van der Waals surface area (Å²) in [5.74, 6) is -0.0431. The van der Waals surface area contributed by atoms with E-state index < -0.39 is 10.0 Å². The first-order valence-corrected chi connectivity index (χ1v) is 5.77. The normalized spacial score (nSPS) is 11.6. The lowest BCUT2D eigenvalue weighted by Crippen LogP contribution is -2.17. The highest BCUT2D eigenvalue weighted by molar-refractivity contribution is 7.92. The Bertz CT molecular complexity index is 565. The molecule has 9 heteroatoms. The van der Waals surface area contributed by atoms with E-state index in [2.05, 4.69) is 19.9 Å². The highest BCUT2D eigenvalue weighted by Crippen LogP contribution is 2.18. The van der Waals surface area contributed by atoms with Crippen molar-refractivity contribution in [3.05, 3.63) is 18.7 Å². The first-order valence-electron chi connectivity index (χ1n) is 4.29. The number of sulfonamides is 1. The van der Waals surface area contributed by atoms with E-state index in [0.29, 0.717) is 5.69 Å². The van der Waals surface area contributed by atoms with Gasteiger partial charge in [-0.2, -0.15) is 13.5 Å². The number of anilines is 2. The van der Waals surface area contributed by atoms with Crippen molar-refractivity contribution in [2.24, 2.45) is 7.05 Å². The zero-order valence-electron chi connectivity index (χ0n) is 8.38. The van der Waals surface area contributed by atoms with E-state index in [0.717, 1.165) is 0 Å². The van der Waals surface area contributed by atoms with Crippen molar-refractivity contribution in [1.82, 2.24) is 19.7 Å². The molecule has 0 bridgehead atoms. The fourth-order valence-electron chi connectivity index (χ4n) is 1.27. The Balaban J connectivity index is 2.40. The van der Waals surface area contributed by atoms with Gasteiger partial charge in [0.25, 0.3) is 10.0 Å². The summed E-state index contributed by atoms with van der Waals surface area (Å²) < 4.78 is 27.5. The third kappa shape index (κ3) is 1.72. The molecule has 0 amide bonds. The Morgan fingerprint density at radius 2 is 2.31 bits per heavy atom. The van der Waals surface area contributed by atoms with Gasteiger partial charge in [-0.05, 0) is 0 Å². The Kier molecular flexibility index (Phi) is 2.31. The molecule has 0 aliphatic rings. The third-order valence-electron chi connectivity index (χ3n) is 1.91. The van der Waals surface area contributed by atoms with Crippen molar-refractivity contribution in [2.75, 3.05) is 10.5 Å². The largest absolute Gasteiger partial charge is 0.381 e. The van der Waals surface area contributed by atoms with E-state index in [-0.39, 0.29) is 10.8 Å². The van der Waals surface area contributed by atoms with Crippen molar-refractivity contribution >= 4 is 21.5 Å². The second-order valence-corrected chi connectivity index (χ2v) is 4.74. The average molecular weight is 242 g/mol. The van der Waals surface area contributed by atoms with E-state index >= 15 is 0 Å². The molecule has 0 aliphatic heterocycles. The molecule has 0 radical (unpaired) electrons. The molecule has 0 spiro atoms. The van der Waals surface area contributed by atoms with E-state index in [1.165, 1.54) is 23.3 Å². The van der Waals surface area contributed by atoms with Gasteiger partial charge in [-0.25, -0.2) is 4.98 Å². The second kappa shape index (κ2) is 3.52. The lowest BCUT2D eigenvalue weighted by Gasteiger charge is -2.06. The third-order valence-corrected chi connectivity index (χ3v) is 3.43. The van der Waals surface area contributed by atoms with Crippen LogP contribution in [-0.4, -0.2) is 28.2 Å². The Morgan fingerprint density at radius 1 is 1.56 bits per heavy atom. The number of nitrogens with one attached hydrogen (secondary N) is 2. The first kappa shape index (κ1) is 10.5. The number of nitrogens with two attached hydrogens (primary N) is 1. The highest BCUT2D eigenvalue weighted by atomic mass is 32.2. The maximum Gasteiger partial charge on any atom is 0.281 e. The van der Waals surface area contributed by atoms with Crippen LogP contribution in [0.4, 0.5) is 11.5 Å². The molecule has 0 saturated heterocycles. The molecular weight excluding hydrogens is 232 g/mol. The standard InChI is InChI=1S/C7H10N6O2S/c1-13-4-9-6(8)7(13)16(14,15)12-5-2-10-11-3-5/h2-4,12H,8H2,1H3,(H,10,11). The molecule has 0 unspecified atom stereocenters. The van der Waals surface area contributed by atoms with Crippen LogP contribution in [0, 0.1) is 0 Å². The van der Waals surface area contributed by atoms with Gasteiger partial charge < -0.3 is 10.3 Å². The van der Waals surface area contributed by atoms with Gasteiger partial charge >= 0.3 is 0 Å². The van der Waals surface area contributed by atoms with Crippen LogP contribution in [0.15, 0.2) is 23.7 Å². The summed E-state index contributed by atoms with van der Waals surface area (Å²) in [6.45, 7) is 0. The predicted molar refractivity (Wildman–Crippen MR) is 57.0 cm³/mol. The Morgan fingerprint density at radius 3 is 2.81 bits per heavy atom. The molecule has 0 fully saturated rings. The number of H-pyrrole nitrogens is 1. The molecule has 2 heterocycles. The van der Waals surface area contributed by atoms with Gasteiger partial charge in [0.2, 0.25) is 0 Å². The number of aromatic nitrogens is 4. The zero-order chi connectivity index (χ0) is 11.8. The van der Waals surface area contributed by atoms with Gasteiger partial charge in [0.15, 0.2) is 10.8 Å². The highest BCUT2D eigenvalue weighted by Gasteiger charge is 2.22. The minimum absolute atomic E-state index is 0.0431. The van der Waals surface area contributed by atoms with E-state index in [1.54, 1.807) is 7.05 Å². The number of hydrogen-bond donors (Lipinski definition) is 3. The molecule has 16 heavy (non-hydrogen) atoms. The van der Waals surface area contributed by atoms with E-state index in [1.807, 2.05) is 0 Å². The fourth-order valence-corrected chi connectivity index (χ4v) is 2.55. The van der Waals surface area contributed by atoms with Crippen molar-refractivity contribution in [3.63, 3.8) is 0 Å². The summed E-state index contributed by atoms with van der Waals surface area (Å²) >= 11 is 0. The number of nitrogens with zero attached hydrogens (tertiary/aromatic N) is 3. The maximum absolute atomic E-state index is 11.9. The quantitative estimate of drug-likeness (QED) is 0.672. The van der Waals surface area contributed by atoms with Crippen molar-refractivity contribution in [3.8, 4) is 0 Å². The van der Waals surface area contributed by atoms with Crippen LogP contribution >= 0.6 is 0 Å². The lowest BCUT2D eigenvalue weighted by molar-refractivity contribution is 0.592. The van der Waals surface area contributed by atoms with Crippen LogP contribution < -0.4 is 10.5 Å². The zero-order valence-corrected chi connectivity index (χ0v) is 9.19. The van der Waals surface area contributed by atoms with Crippen LogP contribution in [0.1, 0.15) is 0 Å². The molecule has 4 N–H and O–H groups in total. The van der Waals surface area contributed by atoms with Gasteiger partial charge in [-0.3, -0.25) is 9.82 Å². The van der Waals surface area contributed by atoms with Gasteiger partial charge in [0, 0.05) is 13.2 Å². The minimum atomic E-state index is -3.74. The van der Waals surface area contributed by atoms with Crippen LogP contribution in [0.25, 0.3) is 0 Å². The van der Waals surface area contributed by atoms with Gasteiger partial charge in [0.1, 0.15) is 0 Å². The molecular formula is C7H10N6O2S. The van der Waals surface area contributed by atoms with Crippen LogP contribution in [0.5, 0.6) is 0 Å². The van der Waals surface area contributed by atoms with E-state index in [9.17, 15) is 8.42 Å². The molecule has 0 saturated carbocycles. The number of aromatic amines is 1. The molecule has 0 aromatic carbocycles. The number of nitrogen functional groups attached to an aromatic ring is 1. The smallest absolute Gasteiger partial charge is 0.281 e. The van der Waals surface area contributed by atoms with Gasteiger partial charge in [-0.1, -0.05) is 0 Å². The lowest BCUT2D eigenvalue weighted by atomic mass is 10.6. The molecule has 2 rings (SSSR count). The first-order chi connectivity index (χ1) is 7.50. The van der Waals surface area contributed by atoms with Gasteiger partial charge in [0.05, 0.1) is 18.2 Å². The summed E-state index contributed by atoms with van der Waals surface area (Å²) in [4.78, 5) is 3.71. The van der Waals surface area contributed by atoms with Crippen LogP contribution in [0.3, 0.4) is 0 Å². The summed E-state index contributed by atoms with van der Waals surface area (Å²) in [5, 5.41) is 6.05. The molecule has 2 aromatic heterocycles. The average Bonchev–Trinajstić information content (AvgIpc) is 2.76. The molecule has 8 nitrogen and oxygen atoms in total. The topological polar surface area (TPSA) is 119 Å². The Labute approximate surface area is 91.5 Å². The monoisotopic (exact) mass is 242 g/mol.